The Kier molecular flexibility index (Phi) is 9.98. The van der Waals surface area contributed by atoms with Crippen molar-refractivity contribution in [3.8, 4) is 5.75 Å². The molecular formula is C37H39N3O7Si. The average molecular weight is 666 g/mol. The quantitative estimate of drug-likeness (QED) is 0.0675. The Labute approximate surface area is 281 Å². The van der Waals surface area contributed by atoms with Crippen molar-refractivity contribution >= 4 is 24.7 Å². The van der Waals surface area contributed by atoms with Gasteiger partial charge in [-0.1, -0.05) is 117 Å². The van der Waals surface area contributed by atoms with E-state index in [1.165, 1.54) is 0 Å². The third kappa shape index (κ3) is 6.61. The van der Waals surface area contributed by atoms with E-state index in [-0.39, 0.29) is 6.61 Å². The Balaban J connectivity index is 1.43. The molecule has 4 aromatic carbocycles. The number of azide groups is 1. The molecule has 2 heterocycles. The first-order chi connectivity index (χ1) is 23.2. The second-order valence-electron chi connectivity index (χ2n) is 12.8. The molecule has 2 aliphatic rings. The van der Waals surface area contributed by atoms with Gasteiger partial charge in [0.15, 0.2) is 12.6 Å². The molecule has 0 aromatic heterocycles. The van der Waals surface area contributed by atoms with Crippen molar-refractivity contribution in [2.75, 3.05) is 13.7 Å². The largest absolute Gasteiger partial charge is 0.497 e. The summed E-state index contributed by atoms with van der Waals surface area (Å²) in [6.45, 7) is 6.55. The van der Waals surface area contributed by atoms with Crippen molar-refractivity contribution in [3.05, 3.63) is 137 Å². The lowest BCUT2D eigenvalue weighted by atomic mass is 9.96. The van der Waals surface area contributed by atoms with Crippen LogP contribution in [0.4, 0.5) is 0 Å². The first-order valence-corrected chi connectivity index (χ1v) is 17.8. The summed E-state index contributed by atoms with van der Waals surface area (Å²) in [5.74, 6) is 0.106. The Morgan fingerprint density at radius 1 is 0.854 bits per heavy atom. The summed E-state index contributed by atoms with van der Waals surface area (Å²) in [5.41, 5.74) is 11.0. The van der Waals surface area contributed by atoms with Crippen molar-refractivity contribution in [2.24, 2.45) is 5.11 Å². The minimum Gasteiger partial charge on any atom is -0.497 e. The summed E-state index contributed by atoms with van der Waals surface area (Å²) in [6, 6.07) is 35.1. The fourth-order valence-electron chi connectivity index (χ4n) is 6.54. The minimum atomic E-state index is -3.22. The standard InChI is InChI=1S/C37H39N3O7Si/c1-37(2,3)48(28-16-10-6-11-17-28,29-18-12-7-13-19-29)47-36-31(39-40-38)33(45-34(41)25-14-8-5-9-15-25)32-30(44-36)24-43-35(46-32)26-20-22-27(42-4)23-21-26/h5-23,30-33,35-36H,24H2,1-4H3/t30?,31?,32-,33-,35?,36+/m1/s1. The van der Waals surface area contributed by atoms with Crippen LogP contribution in [-0.2, 0) is 23.4 Å². The zero-order valence-corrected chi connectivity index (χ0v) is 28.3. The first-order valence-electron chi connectivity index (χ1n) is 15.9. The number of hydrogen-bond donors (Lipinski definition) is 0. The van der Waals surface area contributed by atoms with Gasteiger partial charge < -0.3 is 28.1 Å². The van der Waals surface area contributed by atoms with Crippen molar-refractivity contribution in [1.82, 2.24) is 0 Å². The molecule has 4 aromatic rings. The molecule has 2 aliphatic heterocycles. The summed E-state index contributed by atoms with van der Waals surface area (Å²) in [6.07, 6.45) is -4.51. The summed E-state index contributed by atoms with van der Waals surface area (Å²) < 4.78 is 38.2. The van der Waals surface area contributed by atoms with Crippen LogP contribution in [0.1, 0.15) is 43.0 Å². The molecule has 0 radical (unpaired) electrons. The molecule has 6 atom stereocenters. The molecule has 3 unspecified atom stereocenters. The van der Waals surface area contributed by atoms with Gasteiger partial charge in [0.05, 0.1) is 19.3 Å². The van der Waals surface area contributed by atoms with Crippen LogP contribution >= 0.6 is 0 Å². The van der Waals surface area contributed by atoms with Crippen LogP contribution < -0.4 is 15.1 Å². The molecule has 0 saturated carbocycles. The summed E-state index contributed by atoms with van der Waals surface area (Å²) in [4.78, 5) is 16.8. The molecule has 0 bridgehead atoms. The first kappa shape index (κ1) is 33.4. The van der Waals surface area contributed by atoms with Gasteiger partial charge in [-0.05, 0) is 45.2 Å². The second kappa shape index (κ2) is 14.3. The maximum Gasteiger partial charge on any atom is 0.338 e. The third-order valence-electron chi connectivity index (χ3n) is 8.84. The van der Waals surface area contributed by atoms with Crippen LogP contribution in [-0.4, -0.2) is 58.6 Å². The predicted octanol–water partition coefficient (Wildman–Crippen LogP) is 6.32. The smallest absolute Gasteiger partial charge is 0.338 e. The van der Waals surface area contributed by atoms with Crippen LogP contribution in [0.3, 0.4) is 0 Å². The van der Waals surface area contributed by atoms with E-state index in [9.17, 15) is 10.3 Å². The van der Waals surface area contributed by atoms with Gasteiger partial charge in [-0.25, -0.2) is 4.79 Å². The number of fused-ring (bicyclic) bond motifs is 1. The Morgan fingerprint density at radius 3 is 1.98 bits per heavy atom. The fourth-order valence-corrected chi connectivity index (χ4v) is 11.1. The monoisotopic (exact) mass is 665 g/mol. The maximum absolute atomic E-state index is 13.6. The Hall–Kier alpha value is -4.48. The molecule has 2 fully saturated rings. The number of benzene rings is 4. The van der Waals surface area contributed by atoms with E-state index in [0.29, 0.717) is 11.3 Å². The van der Waals surface area contributed by atoms with Crippen LogP contribution in [0.15, 0.2) is 120 Å². The molecule has 0 N–H and O–H groups in total. The van der Waals surface area contributed by atoms with Crippen molar-refractivity contribution < 1.29 is 32.9 Å². The predicted molar refractivity (Wildman–Crippen MR) is 183 cm³/mol. The lowest BCUT2D eigenvalue weighted by molar-refractivity contribution is -0.332. The number of carbonyl (C=O) groups excluding carboxylic acids is 1. The number of hydrogen-bond acceptors (Lipinski definition) is 8. The fraction of sp³-hybridized carbons (Fsp3) is 0.324. The number of methoxy groups -OCH3 is 1. The number of rotatable bonds is 9. The molecule has 0 spiro atoms. The average Bonchev–Trinajstić information content (AvgIpc) is 3.12. The Bertz CT molecular complexity index is 1680. The molecule has 0 aliphatic carbocycles. The number of nitrogens with zero attached hydrogens (tertiary/aromatic N) is 3. The molecule has 0 amide bonds. The van der Waals surface area contributed by atoms with E-state index in [4.69, 9.17) is 28.1 Å². The summed E-state index contributed by atoms with van der Waals surface area (Å²) in [5, 5.41) is 5.82. The van der Waals surface area contributed by atoms with Crippen LogP contribution in [0.2, 0.25) is 5.04 Å². The van der Waals surface area contributed by atoms with E-state index in [0.717, 1.165) is 15.9 Å². The highest BCUT2D eigenvalue weighted by atomic mass is 28.4. The second-order valence-corrected chi connectivity index (χ2v) is 17.0. The van der Waals surface area contributed by atoms with E-state index in [1.807, 2.05) is 66.7 Å². The Morgan fingerprint density at radius 2 is 1.44 bits per heavy atom. The minimum absolute atomic E-state index is 0.115. The van der Waals surface area contributed by atoms with Gasteiger partial charge in [0, 0.05) is 10.5 Å². The lowest BCUT2D eigenvalue weighted by Crippen LogP contribution is -2.71. The van der Waals surface area contributed by atoms with Crippen LogP contribution in [0, 0.1) is 0 Å². The van der Waals surface area contributed by atoms with Crippen molar-refractivity contribution in [2.45, 2.75) is 62.7 Å². The molecule has 10 nitrogen and oxygen atoms in total. The van der Waals surface area contributed by atoms with Crippen molar-refractivity contribution in [1.29, 1.82) is 0 Å². The molecule has 248 valence electrons. The normalized spacial score (nSPS) is 24.1. The molecule has 11 heteroatoms. The van der Waals surface area contributed by atoms with Gasteiger partial charge in [-0.15, -0.1) is 0 Å². The highest BCUT2D eigenvalue weighted by molar-refractivity contribution is 6.99. The number of esters is 1. The summed E-state index contributed by atoms with van der Waals surface area (Å²) >= 11 is 0. The molecule has 2 saturated heterocycles. The van der Waals surface area contributed by atoms with E-state index < -0.39 is 56.3 Å². The zero-order valence-electron chi connectivity index (χ0n) is 27.3. The molecule has 48 heavy (non-hydrogen) atoms. The number of ether oxygens (including phenoxy) is 5. The highest BCUT2D eigenvalue weighted by Crippen LogP contribution is 2.42. The number of carbonyl (C=O) groups is 1. The highest BCUT2D eigenvalue weighted by Gasteiger charge is 2.58. The molecular weight excluding hydrogens is 627 g/mol. The van der Waals surface area contributed by atoms with E-state index in [2.05, 4.69) is 55.1 Å². The molecule has 6 rings (SSSR count). The van der Waals surface area contributed by atoms with Crippen LogP contribution in [0.25, 0.3) is 10.4 Å². The zero-order chi connectivity index (χ0) is 33.7. The SMILES string of the molecule is COc1ccc(C2OCC3O[C@@H](O[Si](c4ccccc4)(c4ccccc4)C(C)(C)C)C(N=[N+]=[N-])[C@@H](OC(=O)c4ccccc4)[C@@H]3O2)cc1. The van der Waals surface area contributed by atoms with Gasteiger partial charge in [0.1, 0.15) is 30.1 Å². The lowest BCUT2D eigenvalue weighted by Gasteiger charge is -2.51. The van der Waals surface area contributed by atoms with Gasteiger partial charge in [0.25, 0.3) is 8.32 Å². The van der Waals surface area contributed by atoms with Gasteiger partial charge >= 0.3 is 5.97 Å². The van der Waals surface area contributed by atoms with Gasteiger partial charge in [-0.3, -0.25) is 0 Å². The van der Waals surface area contributed by atoms with Gasteiger partial charge in [-0.2, -0.15) is 0 Å². The topological polar surface area (TPSA) is 121 Å². The van der Waals surface area contributed by atoms with E-state index in [1.54, 1.807) is 31.4 Å². The van der Waals surface area contributed by atoms with Crippen LogP contribution in [0.5, 0.6) is 5.75 Å². The van der Waals surface area contributed by atoms with Gasteiger partial charge in [0.2, 0.25) is 0 Å². The third-order valence-corrected chi connectivity index (χ3v) is 13.8. The summed E-state index contributed by atoms with van der Waals surface area (Å²) in [7, 11) is -1.62. The van der Waals surface area contributed by atoms with Crippen molar-refractivity contribution in [3.63, 3.8) is 0 Å². The van der Waals surface area contributed by atoms with E-state index >= 15 is 0 Å². The maximum atomic E-state index is 13.6.